The summed E-state index contributed by atoms with van der Waals surface area (Å²) < 4.78 is 0. The lowest BCUT2D eigenvalue weighted by molar-refractivity contribution is -0.115. The van der Waals surface area contributed by atoms with Gasteiger partial charge in [0.15, 0.2) is 5.78 Å². The lowest BCUT2D eigenvalue weighted by atomic mass is 9.82. The molecule has 0 bridgehead atoms. The van der Waals surface area contributed by atoms with Gasteiger partial charge in [-0.1, -0.05) is 79.4 Å². The number of allylic oxidation sites excluding steroid dienone is 7. The molecule has 0 saturated carbocycles. The van der Waals surface area contributed by atoms with Crippen LogP contribution in [-0.4, -0.2) is 24.6 Å². The van der Waals surface area contributed by atoms with Crippen molar-refractivity contribution in [2.45, 2.75) is 39.2 Å². The largest absolute Gasteiger partial charge is 0.309 e. The molecule has 0 amide bonds. The van der Waals surface area contributed by atoms with Gasteiger partial charge in [0.2, 0.25) is 0 Å². The van der Waals surface area contributed by atoms with Crippen molar-refractivity contribution in [2.75, 3.05) is 7.05 Å². The van der Waals surface area contributed by atoms with E-state index in [0.717, 1.165) is 34.3 Å². The predicted octanol–water partition coefficient (Wildman–Crippen LogP) is 6.28. The zero-order chi connectivity index (χ0) is 24.9. The summed E-state index contributed by atoms with van der Waals surface area (Å²) in [4.78, 5) is 13.2. The molecule has 0 aromatic heterocycles. The zero-order valence-corrected chi connectivity index (χ0v) is 20.9. The Morgan fingerprint density at radius 1 is 1.06 bits per heavy atom. The van der Waals surface area contributed by atoms with E-state index in [1.807, 2.05) is 37.4 Å². The molecule has 35 heavy (non-hydrogen) atoms. The second-order valence-electron chi connectivity index (χ2n) is 9.52. The summed E-state index contributed by atoms with van der Waals surface area (Å²) in [5.74, 6) is 0.295. The Balaban J connectivity index is 1.40. The van der Waals surface area contributed by atoms with Crippen molar-refractivity contribution in [3.63, 3.8) is 0 Å². The fourth-order valence-corrected chi connectivity index (χ4v) is 4.69. The van der Waals surface area contributed by atoms with Crippen molar-refractivity contribution < 1.29 is 4.79 Å². The molecule has 0 fully saturated rings. The van der Waals surface area contributed by atoms with Crippen molar-refractivity contribution in [1.29, 1.82) is 5.41 Å². The smallest absolute Gasteiger partial charge is 0.163 e. The average Bonchev–Trinajstić information content (AvgIpc) is 2.86. The predicted molar refractivity (Wildman–Crippen MR) is 147 cm³/mol. The van der Waals surface area contributed by atoms with Gasteiger partial charge in [-0.3, -0.25) is 4.79 Å². The topological polar surface area (TPSA) is 53.0 Å². The fourth-order valence-electron chi connectivity index (χ4n) is 4.69. The van der Waals surface area contributed by atoms with Crippen molar-refractivity contribution in [1.82, 2.24) is 5.32 Å². The van der Waals surface area contributed by atoms with Crippen molar-refractivity contribution in [3.05, 3.63) is 124 Å². The van der Waals surface area contributed by atoms with Crippen LogP contribution in [0.4, 0.5) is 0 Å². The third kappa shape index (κ3) is 5.75. The van der Waals surface area contributed by atoms with Gasteiger partial charge in [-0.25, -0.2) is 0 Å². The van der Waals surface area contributed by atoms with E-state index in [2.05, 4.69) is 74.3 Å². The summed E-state index contributed by atoms with van der Waals surface area (Å²) in [6, 6.07) is 14.9. The van der Waals surface area contributed by atoms with E-state index in [1.54, 1.807) is 0 Å². The molecule has 2 aliphatic carbocycles. The van der Waals surface area contributed by atoms with E-state index in [9.17, 15) is 4.79 Å². The van der Waals surface area contributed by atoms with Crippen LogP contribution < -0.4 is 5.32 Å². The first kappa shape index (κ1) is 24.6. The van der Waals surface area contributed by atoms with Gasteiger partial charge in [-0.05, 0) is 78.8 Å². The first-order valence-corrected chi connectivity index (χ1v) is 12.3. The van der Waals surface area contributed by atoms with Gasteiger partial charge in [-0.2, -0.15) is 0 Å². The van der Waals surface area contributed by atoms with E-state index in [0.29, 0.717) is 18.6 Å². The number of hydrogen-bond acceptors (Lipinski definition) is 3. The van der Waals surface area contributed by atoms with Crippen LogP contribution in [0.5, 0.6) is 0 Å². The van der Waals surface area contributed by atoms with Gasteiger partial charge in [-0.15, -0.1) is 0 Å². The van der Waals surface area contributed by atoms with Gasteiger partial charge < -0.3 is 10.7 Å². The Morgan fingerprint density at radius 2 is 1.89 bits per heavy atom. The number of carbonyl (C=O) groups is 1. The molecule has 3 nitrogen and oxygen atoms in total. The van der Waals surface area contributed by atoms with Crippen LogP contribution in [0, 0.1) is 25.2 Å². The second-order valence-corrected chi connectivity index (χ2v) is 9.52. The van der Waals surface area contributed by atoms with Crippen molar-refractivity contribution in [2.24, 2.45) is 5.92 Å². The number of ketones is 1. The van der Waals surface area contributed by atoms with Crippen LogP contribution in [0.1, 0.15) is 34.2 Å². The summed E-state index contributed by atoms with van der Waals surface area (Å²) >= 11 is 0. The SMILES string of the molecule is C=C1C(C(=O)CCc2cccc(C3=CC(NC)C(=N)C=C3)c2)=CC=CC1Cc1ccc(C)c(C)c1. The summed E-state index contributed by atoms with van der Waals surface area (Å²) in [5, 5.41) is 11.2. The molecular weight excluding hydrogens is 428 g/mol. The summed E-state index contributed by atoms with van der Waals surface area (Å²) in [6.07, 6.45) is 14.0. The molecule has 2 N–H and O–H groups in total. The average molecular weight is 463 g/mol. The number of likely N-dealkylation sites (N-methyl/N-ethyl adjacent to an activating group) is 1. The summed E-state index contributed by atoms with van der Waals surface area (Å²) in [5.41, 5.74) is 9.43. The van der Waals surface area contributed by atoms with E-state index >= 15 is 0 Å². The van der Waals surface area contributed by atoms with Gasteiger partial charge in [0.25, 0.3) is 0 Å². The fraction of sp³-hybridized carbons (Fsp3) is 0.250. The highest BCUT2D eigenvalue weighted by Crippen LogP contribution is 2.30. The van der Waals surface area contributed by atoms with Crippen molar-refractivity contribution >= 4 is 17.1 Å². The maximum atomic E-state index is 13.2. The van der Waals surface area contributed by atoms with E-state index in [4.69, 9.17) is 5.41 Å². The highest BCUT2D eigenvalue weighted by Gasteiger charge is 2.22. The van der Waals surface area contributed by atoms with Gasteiger partial charge in [0.05, 0.1) is 11.8 Å². The monoisotopic (exact) mass is 462 g/mol. The molecule has 2 aliphatic rings. The molecule has 0 radical (unpaired) electrons. The summed E-state index contributed by atoms with van der Waals surface area (Å²) in [7, 11) is 1.86. The Bertz CT molecular complexity index is 1290. The third-order valence-electron chi connectivity index (χ3n) is 7.06. The lowest BCUT2D eigenvalue weighted by Crippen LogP contribution is -2.31. The molecular formula is C32H34N2O. The Hall–Kier alpha value is -3.56. The molecule has 2 aromatic rings. The van der Waals surface area contributed by atoms with Crippen LogP contribution in [-0.2, 0) is 17.6 Å². The van der Waals surface area contributed by atoms with Crippen LogP contribution >= 0.6 is 0 Å². The quantitative estimate of drug-likeness (QED) is 0.485. The van der Waals surface area contributed by atoms with Crippen LogP contribution in [0.15, 0.2) is 96.6 Å². The zero-order valence-electron chi connectivity index (χ0n) is 20.9. The normalized spacial score (nSPS) is 19.5. The molecule has 178 valence electrons. The number of hydrogen-bond donors (Lipinski definition) is 2. The molecule has 0 aliphatic heterocycles. The lowest BCUT2D eigenvalue weighted by Gasteiger charge is -2.22. The third-order valence-corrected chi connectivity index (χ3v) is 7.06. The first-order chi connectivity index (χ1) is 16.9. The number of Topliss-reactive ketones (excluding diaryl/α,β-unsaturated/α-hetero) is 1. The van der Waals surface area contributed by atoms with Gasteiger partial charge >= 0.3 is 0 Å². The summed E-state index contributed by atoms with van der Waals surface area (Å²) in [6.45, 7) is 8.57. The molecule has 2 aromatic carbocycles. The number of aryl methyl sites for hydroxylation is 3. The van der Waals surface area contributed by atoms with E-state index in [-0.39, 0.29) is 17.7 Å². The molecule has 2 unspecified atom stereocenters. The maximum Gasteiger partial charge on any atom is 0.163 e. The van der Waals surface area contributed by atoms with Crippen LogP contribution in [0.3, 0.4) is 0 Å². The number of rotatable bonds is 8. The first-order valence-electron chi connectivity index (χ1n) is 12.3. The molecule has 0 spiro atoms. The highest BCUT2D eigenvalue weighted by molar-refractivity contribution is 6.04. The number of carbonyl (C=O) groups excluding carboxylic acids is 1. The van der Waals surface area contributed by atoms with E-state index in [1.165, 1.54) is 16.7 Å². The molecule has 2 atom stereocenters. The maximum absolute atomic E-state index is 13.2. The van der Waals surface area contributed by atoms with E-state index < -0.39 is 0 Å². The highest BCUT2D eigenvalue weighted by atomic mass is 16.1. The standard InChI is InChI=1S/C32H34N2O/c1-21-11-12-25(17-22(21)2)19-26-8-6-10-29(23(26)3)32(35)16-13-24-7-5-9-27(18-24)28-14-15-30(33)31(20-28)34-4/h5-12,14-15,17-18,20,26,31,33-34H,3,13,16,19H2,1-2,4H3. The van der Waals surface area contributed by atoms with Gasteiger partial charge in [0, 0.05) is 17.9 Å². The Kier molecular flexibility index (Phi) is 7.57. The minimum absolute atomic E-state index is 0.0747. The van der Waals surface area contributed by atoms with Crippen LogP contribution in [0.25, 0.3) is 5.57 Å². The number of benzene rings is 2. The van der Waals surface area contributed by atoms with Gasteiger partial charge in [0.1, 0.15) is 0 Å². The molecule has 0 heterocycles. The molecule has 4 rings (SSSR count). The second kappa shape index (κ2) is 10.8. The molecule has 0 saturated heterocycles. The minimum atomic E-state index is -0.0747. The molecule has 3 heteroatoms. The van der Waals surface area contributed by atoms with Crippen molar-refractivity contribution in [3.8, 4) is 0 Å². The Labute approximate surface area is 209 Å². The number of nitrogens with one attached hydrogen (secondary N) is 2. The Morgan fingerprint density at radius 3 is 2.66 bits per heavy atom. The minimum Gasteiger partial charge on any atom is -0.309 e. The van der Waals surface area contributed by atoms with Crippen LogP contribution in [0.2, 0.25) is 0 Å².